The molecular weight excluding hydrogens is 390 g/mol. The van der Waals surface area contributed by atoms with E-state index in [9.17, 15) is 14.4 Å². The lowest BCUT2D eigenvalue weighted by molar-refractivity contribution is 0.0777. The lowest BCUT2D eigenvalue weighted by Crippen LogP contribution is -2.37. The molecule has 0 atom stereocenters. The Morgan fingerprint density at radius 1 is 1.14 bits per heavy atom. The van der Waals surface area contributed by atoms with E-state index in [4.69, 9.17) is 11.6 Å². The maximum Gasteiger partial charge on any atom is 0.259 e. The summed E-state index contributed by atoms with van der Waals surface area (Å²) in [6.07, 6.45) is 3.03. The van der Waals surface area contributed by atoms with Gasteiger partial charge >= 0.3 is 0 Å². The summed E-state index contributed by atoms with van der Waals surface area (Å²) in [6, 6.07) is 7.10. The van der Waals surface area contributed by atoms with E-state index in [1.54, 1.807) is 29.8 Å². The lowest BCUT2D eigenvalue weighted by Gasteiger charge is -2.21. The second-order valence-corrected chi connectivity index (χ2v) is 8.28. The molecule has 2 rings (SSSR count). The molecule has 0 aliphatic carbocycles. The Labute approximate surface area is 176 Å². The van der Waals surface area contributed by atoms with E-state index < -0.39 is 11.3 Å². The van der Waals surface area contributed by atoms with Crippen molar-refractivity contribution in [3.8, 4) is 0 Å². The number of hydrogen-bond acceptors (Lipinski definition) is 3. The van der Waals surface area contributed by atoms with Gasteiger partial charge in [-0.1, -0.05) is 37.6 Å². The largest absolute Gasteiger partial charge is 0.350 e. The van der Waals surface area contributed by atoms with Crippen LogP contribution in [-0.2, 0) is 6.54 Å². The normalized spacial score (nSPS) is 11.0. The van der Waals surface area contributed by atoms with Gasteiger partial charge in [-0.2, -0.15) is 0 Å². The molecule has 0 aliphatic rings. The number of nitrogens with zero attached hydrogens (tertiary/aromatic N) is 2. The van der Waals surface area contributed by atoms with Gasteiger partial charge in [-0.25, -0.2) is 0 Å². The Bertz CT molecular complexity index is 951. The van der Waals surface area contributed by atoms with Gasteiger partial charge in [0, 0.05) is 43.6 Å². The number of aromatic nitrogens is 1. The SMILES string of the molecule is CC(C)CN(C)C(=O)c1cn(C(C)C)cc(C(=O)NCc2cccc(Cl)c2)c1=O. The van der Waals surface area contributed by atoms with Gasteiger partial charge in [0.05, 0.1) is 0 Å². The van der Waals surface area contributed by atoms with E-state index in [1.165, 1.54) is 17.3 Å². The third kappa shape index (κ3) is 5.94. The summed E-state index contributed by atoms with van der Waals surface area (Å²) < 4.78 is 1.71. The Balaban J connectivity index is 2.35. The van der Waals surface area contributed by atoms with Crippen molar-refractivity contribution in [2.45, 2.75) is 40.3 Å². The Morgan fingerprint density at radius 2 is 1.79 bits per heavy atom. The predicted octanol–water partition coefficient (Wildman–Crippen LogP) is 3.74. The quantitative estimate of drug-likeness (QED) is 0.745. The molecule has 2 aromatic rings. The van der Waals surface area contributed by atoms with E-state index in [0.717, 1.165) is 5.56 Å². The predicted molar refractivity (Wildman–Crippen MR) is 116 cm³/mol. The van der Waals surface area contributed by atoms with Crippen molar-refractivity contribution in [3.63, 3.8) is 0 Å². The van der Waals surface area contributed by atoms with Crippen molar-refractivity contribution in [1.82, 2.24) is 14.8 Å². The van der Waals surface area contributed by atoms with Crippen molar-refractivity contribution in [1.29, 1.82) is 0 Å². The first kappa shape index (κ1) is 22.7. The summed E-state index contributed by atoms with van der Waals surface area (Å²) in [5, 5.41) is 3.31. The number of nitrogens with one attached hydrogen (secondary N) is 1. The van der Waals surface area contributed by atoms with Crippen LogP contribution in [-0.4, -0.2) is 34.9 Å². The molecule has 0 bridgehead atoms. The van der Waals surface area contributed by atoms with Crippen molar-refractivity contribution in [2.75, 3.05) is 13.6 Å². The third-order valence-electron chi connectivity index (χ3n) is 4.44. The molecular formula is C22H28ClN3O3. The zero-order valence-electron chi connectivity index (χ0n) is 17.5. The number of carbonyl (C=O) groups excluding carboxylic acids is 2. The maximum absolute atomic E-state index is 12.9. The van der Waals surface area contributed by atoms with E-state index in [2.05, 4.69) is 5.32 Å². The lowest BCUT2D eigenvalue weighted by atomic mass is 10.1. The highest BCUT2D eigenvalue weighted by molar-refractivity contribution is 6.30. The fourth-order valence-electron chi connectivity index (χ4n) is 2.97. The van der Waals surface area contributed by atoms with Crippen LogP contribution in [0.1, 0.15) is 60.0 Å². The molecule has 0 spiro atoms. The van der Waals surface area contributed by atoms with Crippen LogP contribution in [0.25, 0.3) is 0 Å². The molecule has 0 unspecified atom stereocenters. The van der Waals surface area contributed by atoms with Crippen LogP contribution in [0.4, 0.5) is 0 Å². The van der Waals surface area contributed by atoms with Gasteiger partial charge < -0.3 is 14.8 Å². The molecule has 0 fully saturated rings. The zero-order valence-corrected chi connectivity index (χ0v) is 18.3. The fourth-order valence-corrected chi connectivity index (χ4v) is 3.18. The number of amides is 2. The van der Waals surface area contributed by atoms with Crippen LogP contribution < -0.4 is 10.7 Å². The molecule has 29 heavy (non-hydrogen) atoms. The van der Waals surface area contributed by atoms with Crippen LogP contribution >= 0.6 is 11.6 Å². The first-order valence-corrected chi connectivity index (χ1v) is 10.0. The molecule has 156 valence electrons. The van der Waals surface area contributed by atoms with Gasteiger partial charge in [0.2, 0.25) is 5.43 Å². The van der Waals surface area contributed by atoms with E-state index in [0.29, 0.717) is 11.6 Å². The number of halogens is 1. The van der Waals surface area contributed by atoms with Crippen molar-refractivity contribution in [2.24, 2.45) is 5.92 Å². The monoisotopic (exact) mass is 417 g/mol. The Hall–Kier alpha value is -2.60. The summed E-state index contributed by atoms with van der Waals surface area (Å²) >= 11 is 5.97. The van der Waals surface area contributed by atoms with Crippen molar-refractivity contribution >= 4 is 23.4 Å². The van der Waals surface area contributed by atoms with Gasteiger partial charge in [0.1, 0.15) is 11.1 Å². The van der Waals surface area contributed by atoms with E-state index in [1.807, 2.05) is 33.8 Å². The molecule has 2 amide bonds. The first-order chi connectivity index (χ1) is 13.6. The molecule has 1 heterocycles. The minimum absolute atomic E-state index is 0.00254. The van der Waals surface area contributed by atoms with Crippen LogP contribution in [0.2, 0.25) is 5.02 Å². The van der Waals surface area contributed by atoms with Gasteiger partial charge in [0.15, 0.2) is 0 Å². The summed E-state index contributed by atoms with van der Waals surface area (Å²) in [6.45, 7) is 8.58. The van der Waals surface area contributed by atoms with Crippen LogP contribution in [0.15, 0.2) is 41.5 Å². The van der Waals surface area contributed by atoms with Gasteiger partial charge in [-0.3, -0.25) is 14.4 Å². The molecule has 1 aromatic heterocycles. The number of carbonyl (C=O) groups is 2. The minimum Gasteiger partial charge on any atom is -0.350 e. The zero-order chi connectivity index (χ0) is 21.7. The minimum atomic E-state index is -0.564. The topological polar surface area (TPSA) is 71.4 Å². The highest BCUT2D eigenvalue weighted by atomic mass is 35.5. The molecule has 0 radical (unpaired) electrons. The summed E-state index contributed by atoms with van der Waals surface area (Å²) in [4.78, 5) is 40.0. The molecule has 1 aromatic carbocycles. The van der Waals surface area contributed by atoms with Crippen molar-refractivity contribution < 1.29 is 9.59 Å². The molecule has 6 nitrogen and oxygen atoms in total. The average Bonchev–Trinajstić information content (AvgIpc) is 2.65. The molecule has 7 heteroatoms. The van der Waals surface area contributed by atoms with Crippen LogP contribution in [0, 0.1) is 5.92 Å². The third-order valence-corrected chi connectivity index (χ3v) is 4.68. The van der Waals surface area contributed by atoms with Gasteiger partial charge in [-0.15, -0.1) is 0 Å². The number of rotatable bonds is 7. The van der Waals surface area contributed by atoms with Crippen molar-refractivity contribution in [3.05, 3.63) is 68.6 Å². The highest BCUT2D eigenvalue weighted by Crippen LogP contribution is 2.12. The first-order valence-electron chi connectivity index (χ1n) is 9.64. The summed E-state index contributed by atoms with van der Waals surface area (Å²) in [5.74, 6) is -0.645. The molecule has 0 aliphatic heterocycles. The average molecular weight is 418 g/mol. The van der Waals surface area contributed by atoms with E-state index in [-0.39, 0.29) is 35.5 Å². The molecule has 0 saturated carbocycles. The second kappa shape index (κ2) is 9.74. The molecule has 0 saturated heterocycles. The Kier molecular flexibility index (Phi) is 7.62. The van der Waals surface area contributed by atoms with Gasteiger partial charge in [-0.05, 0) is 37.5 Å². The maximum atomic E-state index is 12.9. The second-order valence-electron chi connectivity index (χ2n) is 7.85. The van der Waals surface area contributed by atoms with Gasteiger partial charge in [0.25, 0.3) is 11.8 Å². The standard InChI is InChI=1S/C22H28ClN3O3/c1-14(2)11-25(5)22(29)19-13-26(15(3)4)12-18(20(19)27)21(28)24-10-16-7-6-8-17(23)9-16/h6-9,12-15H,10-11H2,1-5H3,(H,24,28). The number of hydrogen-bond donors (Lipinski definition) is 1. The van der Waals surface area contributed by atoms with Crippen LogP contribution in [0.3, 0.4) is 0 Å². The van der Waals surface area contributed by atoms with E-state index >= 15 is 0 Å². The van der Waals surface area contributed by atoms with Crippen LogP contribution in [0.5, 0.6) is 0 Å². The summed E-state index contributed by atoms with van der Waals surface area (Å²) in [5.41, 5.74) is 0.201. The smallest absolute Gasteiger partial charge is 0.259 e. The highest BCUT2D eigenvalue weighted by Gasteiger charge is 2.22. The number of pyridine rings is 1. The fraction of sp³-hybridized carbons (Fsp3) is 0.409. The Morgan fingerprint density at radius 3 is 2.38 bits per heavy atom. The summed E-state index contributed by atoms with van der Waals surface area (Å²) in [7, 11) is 1.66. The number of benzene rings is 1. The molecule has 1 N–H and O–H groups in total.